The number of nitrogens with zero attached hydrogens (tertiary/aromatic N) is 2. The quantitative estimate of drug-likeness (QED) is 0.923. The van der Waals surface area contributed by atoms with Gasteiger partial charge in [0.1, 0.15) is 0 Å². The van der Waals surface area contributed by atoms with Gasteiger partial charge in [0.15, 0.2) is 0 Å². The monoisotopic (exact) mass is 271 g/mol. The zero-order chi connectivity index (χ0) is 13.9. The van der Waals surface area contributed by atoms with E-state index in [0.717, 1.165) is 25.2 Å². The Morgan fingerprint density at radius 1 is 1.35 bits per heavy atom. The van der Waals surface area contributed by atoms with Gasteiger partial charge >= 0.3 is 5.69 Å². The molecule has 0 radical (unpaired) electrons. The van der Waals surface area contributed by atoms with Gasteiger partial charge in [-0.25, -0.2) is 4.79 Å². The number of hydrogen-bond donors (Lipinski definition) is 1. The van der Waals surface area contributed by atoms with Crippen molar-refractivity contribution >= 4 is 0 Å². The second-order valence-corrected chi connectivity index (χ2v) is 5.65. The first-order valence-corrected chi connectivity index (χ1v) is 7.28. The van der Waals surface area contributed by atoms with E-state index in [1.54, 1.807) is 22.4 Å². The molecule has 1 N–H and O–H groups in total. The first kappa shape index (κ1) is 13.2. The average Bonchev–Trinajstić information content (AvgIpc) is 2.80. The van der Waals surface area contributed by atoms with E-state index in [-0.39, 0.29) is 5.69 Å². The van der Waals surface area contributed by atoms with Gasteiger partial charge in [-0.2, -0.15) is 0 Å². The first-order valence-electron chi connectivity index (χ1n) is 7.28. The van der Waals surface area contributed by atoms with E-state index in [2.05, 4.69) is 17.4 Å². The predicted molar refractivity (Wildman–Crippen MR) is 80.3 cm³/mol. The van der Waals surface area contributed by atoms with Gasteiger partial charge in [-0.1, -0.05) is 12.1 Å². The number of benzene rings is 1. The van der Waals surface area contributed by atoms with Crippen LogP contribution in [0.1, 0.15) is 18.4 Å². The third-order valence-corrected chi connectivity index (χ3v) is 4.06. The van der Waals surface area contributed by atoms with Crippen molar-refractivity contribution in [3.8, 4) is 5.69 Å². The molecular weight excluding hydrogens is 250 g/mol. The van der Waals surface area contributed by atoms with Crippen LogP contribution in [0, 0.1) is 5.92 Å². The largest absolute Gasteiger partial charge is 0.332 e. The SMILES string of the molecule is Cn1ccn(-c2cccc(CC3CCCNC3)c2)c1=O. The maximum absolute atomic E-state index is 12.0. The zero-order valence-corrected chi connectivity index (χ0v) is 11.9. The smallest absolute Gasteiger partial charge is 0.316 e. The van der Waals surface area contributed by atoms with Gasteiger partial charge in [-0.05, 0) is 56.0 Å². The number of imidazole rings is 1. The molecule has 4 heteroatoms. The molecule has 1 aliphatic rings. The predicted octanol–water partition coefficient (Wildman–Crippen LogP) is 1.72. The molecule has 1 unspecified atom stereocenters. The summed E-state index contributed by atoms with van der Waals surface area (Å²) >= 11 is 0. The van der Waals surface area contributed by atoms with E-state index in [1.807, 2.05) is 18.3 Å². The lowest BCUT2D eigenvalue weighted by atomic mass is 9.92. The Hall–Kier alpha value is -1.81. The van der Waals surface area contributed by atoms with Gasteiger partial charge in [-0.15, -0.1) is 0 Å². The van der Waals surface area contributed by atoms with Crippen LogP contribution in [0.15, 0.2) is 41.5 Å². The lowest BCUT2D eigenvalue weighted by Gasteiger charge is -2.22. The van der Waals surface area contributed by atoms with Crippen LogP contribution in [0.25, 0.3) is 5.69 Å². The minimum atomic E-state index is 0.00137. The maximum Gasteiger partial charge on any atom is 0.332 e. The molecule has 1 atom stereocenters. The van der Waals surface area contributed by atoms with Crippen molar-refractivity contribution in [3.05, 3.63) is 52.7 Å². The molecule has 1 saturated heterocycles. The second-order valence-electron chi connectivity index (χ2n) is 5.65. The zero-order valence-electron chi connectivity index (χ0n) is 11.9. The molecule has 20 heavy (non-hydrogen) atoms. The maximum atomic E-state index is 12.0. The van der Waals surface area contributed by atoms with Gasteiger partial charge in [0.05, 0.1) is 5.69 Å². The third kappa shape index (κ3) is 2.70. The fourth-order valence-corrected chi connectivity index (χ4v) is 2.93. The van der Waals surface area contributed by atoms with Crippen molar-refractivity contribution in [3.63, 3.8) is 0 Å². The Morgan fingerprint density at radius 2 is 2.25 bits per heavy atom. The fourth-order valence-electron chi connectivity index (χ4n) is 2.93. The summed E-state index contributed by atoms with van der Waals surface area (Å²) in [6.45, 7) is 2.26. The van der Waals surface area contributed by atoms with E-state index in [9.17, 15) is 4.79 Å². The Morgan fingerprint density at radius 3 is 2.95 bits per heavy atom. The number of hydrogen-bond acceptors (Lipinski definition) is 2. The molecule has 1 aliphatic heterocycles. The number of nitrogens with one attached hydrogen (secondary N) is 1. The molecule has 2 heterocycles. The molecule has 0 aliphatic carbocycles. The molecule has 0 saturated carbocycles. The van der Waals surface area contributed by atoms with Crippen LogP contribution in [0.3, 0.4) is 0 Å². The van der Waals surface area contributed by atoms with Crippen LogP contribution in [0.5, 0.6) is 0 Å². The minimum Gasteiger partial charge on any atom is -0.316 e. The normalized spacial score (nSPS) is 19.1. The van der Waals surface area contributed by atoms with Gasteiger partial charge in [0.2, 0.25) is 0 Å². The van der Waals surface area contributed by atoms with Crippen molar-refractivity contribution in [1.29, 1.82) is 0 Å². The molecule has 106 valence electrons. The molecule has 0 spiro atoms. The van der Waals surface area contributed by atoms with Crippen molar-refractivity contribution in [1.82, 2.24) is 14.5 Å². The molecule has 3 rings (SSSR count). The van der Waals surface area contributed by atoms with E-state index in [4.69, 9.17) is 0 Å². The van der Waals surface area contributed by atoms with Gasteiger partial charge in [0.25, 0.3) is 0 Å². The minimum absolute atomic E-state index is 0.00137. The second kappa shape index (κ2) is 5.67. The standard InChI is InChI=1S/C16H21N3O/c1-18-8-9-19(16(18)20)15-6-2-4-13(11-15)10-14-5-3-7-17-12-14/h2,4,6,8-9,11,14,17H,3,5,7,10,12H2,1H3. The Labute approximate surface area is 119 Å². The summed E-state index contributed by atoms with van der Waals surface area (Å²) in [6, 6.07) is 8.33. The highest BCUT2D eigenvalue weighted by molar-refractivity contribution is 5.36. The summed E-state index contributed by atoms with van der Waals surface area (Å²) in [4.78, 5) is 12.0. The number of rotatable bonds is 3. The number of piperidine rings is 1. The summed E-state index contributed by atoms with van der Waals surface area (Å²) in [5.41, 5.74) is 2.27. The van der Waals surface area contributed by atoms with E-state index in [0.29, 0.717) is 5.92 Å². The van der Waals surface area contributed by atoms with E-state index >= 15 is 0 Å². The van der Waals surface area contributed by atoms with Crippen LogP contribution >= 0.6 is 0 Å². The highest BCUT2D eigenvalue weighted by Gasteiger charge is 2.13. The lowest BCUT2D eigenvalue weighted by Crippen LogP contribution is -2.30. The average molecular weight is 271 g/mol. The summed E-state index contributed by atoms with van der Waals surface area (Å²) in [5, 5.41) is 3.46. The molecule has 2 aromatic rings. The van der Waals surface area contributed by atoms with Crippen molar-refractivity contribution in [2.75, 3.05) is 13.1 Å². The summed E-state index contributed by atoms with van der Waals surface area (Å²) in [6.07, 6.45) is 7.26. The van der Waals surface area contributed by atoms with Crippen LogP contribution in [0.2, 0.25) is 0 Å². The van der Waals surface area contributed by atoms with Gasteiger partial charge in [0, 0.05) is 19.4 Å². The topological polar surface area (TPSA) is 39.0 Å². The van der Waals surface area contributed by atoms with Crippen LogP contribution < -0.4 is 11.0 Å². The molecule has 1 aromatic carbocycles. The third-order valence-electron chi connectivity index (χ3n) is 4.06. The van der Waals surface area contributed by atoms with Crippen LogP contribution in [-0.2, 0) is 13.5 Å². The Balaban J connectivity index is 1.82. The molecule has 0 amide bonds. The molecule has 4 nitrogen and oxygen atoms in total. The Bertz CT molecular complexity index is 635. The first-order chi connectivity index (χ1) is 9.74. The van der Waals surface area contributed by atoms with Crippen LogP contribution in [0.4, 0.5) is 0 Å². The molecular formula is C16H21N3O. The summed E-state index contributed by atoms with van der Waals surface area (Å²) < 4.78 is 3.29. The van der Waals surface area contributed by atoms with Crippen molar-refractivity contribution < 1.29 is 0 Å². The lowest BCUT2D eigenvalue weighted by molar-refractivity contribution is 0.376. The summed E-state index contributed by atoms with van der Waals surface area (Å²) in [5.74, 6) is 0.714. The van der Waals surface area contributed by atoms with Gasteiger partial charge < -0.3 is 9.88 Å². The van der Waals surface area contributed by atoms with Crippen molar-refractivity contribution in [2.24, 2.45) is 13.0 Å². The Kier molecular flexibility index (Phi) is 3.74. The van der Waals surface area contributed by atoms with E-state index in [1.165, 1.54) is 18.4 Å². The number of aromatic nitrogens is 2. The number of aryl methyl sites for hydroxylation is 1. The molecule has 1 aromatic heterocycles. The molecule has 1 fully saturated rings. The van der Waals surface area contributed by atoms with E-state index < -0.39 is 0 Å². The van der Waals surface area contributed by atoms with Crippen molar-refractivity contribution in [2.45, 2.75) is 19.3 Å². The fraction of sp³-hybridized carbons (Fsp3) is 0.438. The molecule has 0 bridgehead atoms. The van der Waals surface area contributed by atoms with Crippen LogP contribution in [-0.4, -0.2) is 22.2 Å². The highest BCUT2D eigenvalue weighted by Crippen LogP contribution is 2.18. The summed E-state index contributed by atoms with van der Waals surface area (Å²) in [7, 11) is 1.77. The highest BCUT2D eigenvalue weighted by atomic mass is 16.1. The van der Waals surface area contributed by atoms with Gasteiger partial charge in [-0.3, -0.25) is 4.57 Å².